The van der Waals surface area contributed by atoms with E-state index < -0.39 is 16.1 Å². The number of carbonyl (C=O) groups excluding carboxylic acids is 2. The summed E-state index contributed by atoms with van der Waals surface area (Å²) in [6, 6.07) is -0.271. The first-order chi connectivity index (χ1) is 14.0. The molecule has 1 heterocycles. The topological polar surface area (TPSA) is 98.8 Å². The molecule has 0 aromatic heterocycles. The molecule has 0 unspecified atom stereocenters. The van der Waals surface area contributed by atoms with Gasteiger partial charge in [0.05, 0.1) is 11.4 Å². The normalized spacial score (nSPS) is 18.3. The van der Waals surface area contributed by atoms with Crippen LogP contribution >= 0.6 is 0 Å². The van der Waals surface area contributed by atoms with Crippen LogP contribution < -0.4 is 10.6 Å². The predicted molar refractivity (Wildman–Crippen MR) is 115 cm³/mol. The Morgan fingerprint density at radius 1 is 0.867 bits per heavy atom. The molecule has 3 rings (SSSR count). The summed E-state index contributed by atoms with van der Waals surface area (Å²) in [7, 11) is -3.62. The quantitative estimate of drug-likeness (QED) is 0.729. The van der Waals surface area contributed by atoms with Gasteiger partial charge >= 0.3 is 6.03 Å². The highest BCUT2D eigenvalue weighted by Gasteiger charge is 2.33. The Labute approximate surface area is 179 Å². The Morgan fingerprint density at radius 2 is 1.37 bits per heavy atom. The van der Waals surface area contributed by atoms with Gasteiger partial charge in [-0.05, 0) is 75.3 Å². The van der Waals surface area contributed by atoms with Crippen molar-refractivity contribution in [3.63, 3.8) is 0 Å². The van der Waals surface area contributed by atoms with Gasteiger partial charge < -0.3 is 5.32 Å². The fourth-order valence-electron chi connectivity index (χ4n) is 3.93. The zero-order chi connectivity index (χ0) is 22.2. The zero-order valence-electron chi connectivity index (χ0n) is 18.5. The number of hydrogen-bond donors (Lipinski definition) is 2. The lowest BCUT2D eigenvalue weighted by molar-refractivity contribution is -0.121. The molecule has 8 nitrogen and oxygen atoms in total. The van der Waals surface area contributed by atoms with Crippen molar-refractivity contribution < 1.29 is 18.0 Å². The maximum Gasteiger partial charge on any atom is 0.321 e. The second-order valence-electron chi connectivity index (χ2n) is 8.43. The first-order valence-corrected chi connectivity index (χ1v) is 11.9. The molecule has 1 aromatic rings. The molecule has 0 spiro atoms. The van der Waals surface area contributed by atoms with Crippen molar-refractivity contribution in [1.82, 2.24) is 19.8 Å². The molecule has 0 atom stereocenters. The van der Waals surface area contributed by atoms with E-state index >= 15 is 0 Å². The Hall–Kier alpha value is -1.97. The lowest BCUT2D eigenvalue weighted by Crippen LogP contribution is -2.52. The standard InChI is InChI=1S/C21H32N4O4S/c1-13-14(2)16(4)20(17(5)15(13)3)30(28,29)25-10-8-24(9-11-25)12-19(26)23-21(27)22-18-6-7-18/h18H,6-12H2,1-5H3,(H2,22,23,26,27). The Morgan fingerprint density at radius 3 is 1.87 bits per heavy atom. The molecule has 0 radical (unpaired) electrons. The number of imide groups is 1. The number of piperazine rings is 1. The molecule has 9 heteroatoms. The van der Waals surface area contributed by atoms with Crippen LogP contribution in [0.15, 0.2) is 4.90 Å². The molecule has 2 aliphatic rings. The first-order valence-electron chi connectivity index (χ1n) is 10.4. The number of nitrogens with one attached hydrogen (secondary N) is 2. The molecule has 1 saturated heterocycles. The van der Waals surface area contributed by atoms with Crippen LogP contribution in [0, 0.1) is 34.6 Å². The highest BCUT2D eigenvalue weighted by Crippen LogP contribution is 2.31. The van der Waals surface area contributed by atoms with Gasteiger partial charge in [0.25, 0.3) is 0 Å². The van der Waals surface area contributed by atoms with Crippen LogP contribution in [0.2, 0.25) is 0 Å². The van der Waals surface area contributed by atoms with Gasteiger partial charge in [-0.3, -0.25) is 15.0 Å². The van der Waals surface area contributed by atoms with Crippen LogP contribution in [0.5, 0.6) is 0 Å². The fourth-order valence-corrected chi connectivity index (χ4v) is 5.91. The largest absolute Gasteiger partial charge is 0.335 e. The molecule has 166 valence electrons. The molecule has 2 fully saturated rings. The third-order valence-electron chi connectivity index (χ3n) is 6.39. The van der Waals surface area contributed by atoms with Crippen LogP contribution in [-0.2, 0) is 14.8 Å². The average Bonchev–Trinajstić information content (AvgIpc) is 3.48. The third-order valence-corrected chi connectivity index (χ3v) is 8.57. The Bertz CT molecular complexity index is 933. The summed E-state index contributed by atoms with van der Waals surface area (Å²) in [5.41, 5.74) is 4.76. The second-order valence-corrected chi connectivity index (χ2v) is 10.3. The van der Waals surface area contributed by atoms with E-state index in [0.717, 1.165) is 40.7 Å². The van der Waals surface area contributed by atoms with E-state index in [1.807, 2.05) is 39.5 Å². The van der Waals surface area contributed by atoms with Gasteiger partial charge in [-0.1, -0.05) is 0 Å². The van der Waals surface area contributed by atoms with E-state index in [2.05, 4.69) is 10.6 Å². The monoisotopic (exact) mass is 436 g/mol. The van der Waals surface area contributed by atoms with E-state index in [1.54, 1.807) is 0 Å². The summed E-state index contributed by atoms with van der Waals surface area (Å²) in [4.78, 5) is 26.0. The maximum atomic E-state index is 13.4. The first kappa shape index (κ1) is 22.7. The fraction of sp³-hybridized carbons (Fsp3) is 0.619. The van der Waals surface area contributed by atoms with Crippen molar-refractivity contribution in [3.05, 3.63) is 27.8 Å². The van der Waals surface area contributed by atoms with E-state index in [4.69, 9.17) is 0 Å². The lowest BCUT2D eigenvalue weighted by Gasteiger charge is -2.34. The van der Waals surface area contributed by atoms with Crippen molar-refractivity contribution in [3.8, 4) is 0 Å². The number of amides is 3. The van der Waals surface area contributed by atoms with Crippen LogP contribution in [0.25, 0.3) is 0 Å². The highest BCUT2D eigenvalue weighted by atomic mass is 32.2. The van der Waals surface area contributed by atoms with Crippen molar-refractivity contribution in [1.29, 1.82) is 0 Å². The minimum absolute atomic E-state index is 0.0762. The number of hydrogen-bond acceptors (Lipinski definition) is 5. The number of rotatable bonds is 5. The van der Waals surface area contributed by atoms with E-state index in [1.165, 1.54) is 4.31 Å². The molecule has 1 aliphatic carbocycles. The summed E-state index contributed by atoms with van der Waals surface area (Å²) < 4.78 is 28.3. The number of sulfonamides is 1. The Balaban J connectivity index is 1.63. The van der Waals surface area contributed by atoms with Crippen molar-refractivity contribution in [2.24, 2.45) is 0 Å². The molecule has 2 N–H and O–H groups in total. The molecule has 1 saturated carbocycles. The van der Waals surface area contributed by atoms with Crippen LogP contribution in [-0.4, -0.2) is 68.3 Å². The Kier molecular flexibility index (Phi) is 6.54. The molecular formula is C21H32N4O4S. The van der Waals surface area contributed by atoms with Crippen molar-refractivity contribution >= 4 is 22.0 Å². The van der Waals surface area contributed by atoms with Gasteiger partial charge in [0.15, 0.2) is 0 Å². The van der Waals surface area contributed by atoms with Gasteiger partial charge in [-0.2, -0.15) is 4.31 Å². The average molecular weight is 437 g/mol. The molecular weight excluding hydrogens is 404 g/mol. The van der Waals surface area contributed by atoms with Gasteiger partial charge in [0, 0.05) is 32.2 Å². The number of carbonyl (C=O) groups is 2. The van der Waals surface area contributed by atoms with Gasteiger partial charge in [-0.25, -0.2) is 13.2 Å². The summed E-state index contributed by atoms with van der Waals surface area (Å²) in [5, 5.41) is 5.05. The summed E-state index contributed by atoms with van der Waals surface area (Å²) >= 11 is 0. The van der Waals surface area contributed by atoms with Crippen LogP contribution in [0.3, 0.4) is 0 Å². The van der Waals surface area contributed by atoms with Gasteiger partial charge in [0.1, 0.15) is 0 Å². The van der Waals surface area contributed by atoms with Crippen molar-refractivity contribution in [2.45, 2.75) is 58.4 Å². The number of nitrogens with zero attached hydrogens (tertiary/aromatic N) is 2. The summed E-state index contributed by atoms with van der Waals surface area (Å²) in [6.45, 7) is 11.3. The molecule has 0 bridgehead atoms. The molecule has 3 amide bonds. The molecule has 1 aliphatic heterocycles. The van der Waals surface area contributed by atoms with Gasteiger partial charge in [0.2, 0.25) is 15.9 Å². The SMILES string of the molecule is Cc1c(C)c(C)c(S(=O)(=O)N2CCN(CC(=O)NC(=O)NC3CC3)CC2)c(C)c1C. The third kappa shape index (κ3) is 4.68. The lowest BCUT2D eigenvalue weighted by atomic mass is 9.95. The van der Waals surface area contributed by atoms with Gasteiger partial charge in [-0.15, -0.1) is 0 Å². The summed E-state index contributed by atoms with van der Waals surface area (Å²) in [6.07, 6.45) is 1.91. The van der Waals surface area contributed by atoms with Crippen LogP contribution in [0.4, 0.5) is 4.79 Å². The minimum atomic E-state index is -3.62. The summed E-state index contributed by atoms with van der Waals surface area (Å²) in [5.74, 6) is -0.374. The van der Waals surface area contributed by atoms with E-state index in [-0.39, 0.29) is 18.5 Å². The van der Waals surface area contributed by atoms with Crippen molar-refractivity contribution in [2.75, 3.05) is 32.7 Å². The molecule has 30 heavy (non-hydrogen) atoms. The minimum Gasteiger partial charge on any atom is -0.335 e. The second kappa shape index (κ2) is 8.64. The number of urea groups is 1. The predicted octanol–water partition coefficient (Wildman–Crippen LogP) is 1.52. The zero-order valence-corrected chi connectivity index (χ0v) is 19.3. The smallest absolute Gasteiger partial charge is 0.321 e. The molecule has 1 aromatic carbocycles. The number of benzene rings is 1. The highest BCUT2D eigenvalue weighted by molar-refractivity contribution is 7.89. The van der Waals surface area contributed by atoms with Crippen LogP contribution in [0.1, 0.15) is 40.7 Å². The van der Waals surface area contributed by atoms with E-state index in [9.17, 15) is 18.0 Å². The van der Waals surface area contributed by atoms with E-state index in [0.29, 0.717) is 31.1 Å². The maximum absolute atomic E-state index is 13.4.